The molecular weight excluding hydrogens is 380 g/mol. The third-order valence-corrected chi connectivity index (χ3v) is 3.97. The van der Waals surface area contributed by atoms with Crippen LogP contribution in [0, 0.1) is 0 Å². The Labute approximate surface area is 159 Å². The first kappa shape index (κ1) is 21.5. The molecule has 0 bridgehead atoms. The van der Waals surface area contributed by atoms with Crippen LogP contribution in [0.5, 0.6) is 11.5 Å². The van der Waals surface area contributed by atoms with E-state index < -0.39 is 19.3 Å². The molecule has 0 radical (unpaired) electrons. The van der Waals surface area contributed by atoms with Crippen molar-refractivity contribution in [3.63, 3.8) is 0 Å². The number of ether oxygens (including phenoxy) is 2. The van der Waals surface area contributed by atoms with E-state index in [-0.39, 0.29) is 17.4 Å². The number of carbonyl (C=O) groups is 1. The Morgan fingerprint density at radius 2 is 1.39 bits per heavy atom. The largest absolute Gasteiger partial charge is 0.435 e. The molecule has 1 unspecified atom stereocenters. The highest BCUT2D eigenvalue weighted by Crippen LogP contribution is 2.19. The van der Waals surface area contributed by atoms with Crippen molar-refractivity contribution < 1.29 is 31.8 Å². The lowest BCUT2D eigenvalue weighted by molar-refractivity contribution is -0.120. The maximum Gasteiger partial charge on any atom is 0.387 e. The highest BCUT2D eigenvalue weighted by Gasteiger charge is 2.18. The lowest BCUT2D eigenvalue weighted by Gasteiger charge is -2.24. The number of nitrogens with one attached hydrogen (secondary N) is 1. The molecule has 2 aromatic rings. The minimum absolute atomic E-state index is 0.00238. The second-order valence-electron chi connectivity index (χ2n) is 6.01. The number of rotatable bonds is 9. The number of hydrogen-bond acceptors (Lipinski definition) is 4. The van der Waals surface area contributed by atoms with Crippen LogP contribution in [0.1, 0.15) is 12.5 Å². The predicted molar refractivity (Wildman–Crippen MR) is 95.7 cm³/mol. The van der Waals surface area contributed by atoms with Crippen LogP contribution in [-0.4, -0.2) is 37.1 Å². The van der Waals surface area contributed by atoms with Crippen molar-refractivity contribution in [2.24, 2.45) is 0 Å². The fourth-order valence-electron chi connectivity index (χ4n) is 2.37. The van der Waals surface area contributed by atoms with Gasteiger partial charge in [-0.25, -0.2) is 0 Å². The van der Waals surface area contributed by atoms with Gasteiger partial charge in [0.1, 0.15) is 11.5 Å². The maximum atomic E-state index is 12.4. The zero-order chi connectivity index (χ0) is 20.7. The van der Waals surface area contributed by atoms with Gasteiger partial charge in [-0.05, 0) is 55.9 Å². The highest BCUT2D eigenvalue weighted by atomic mass is 19.3. The van der Waals surface area contributed by atoms with Gasteiger partial charge in [0.2, 0.25) is 5.91 Å². The van der Waals surface area contributed by atoms with Crippen LogP contribution in [-0.2, 0) is 11.3 Å². The minimum atomic E-state index is -2.91. The number of alkyl halides is 4. The molecule has 9 heteroatoms. The predicted octanol–water partition coefficient (Wildman–Crippen LogP) is 4.35. The average Bonchev–Trinajstić information content (AvgIpc) is 2.63. The molecule has 0 aromatic heterocycles. The molecule has 2 aromatic carbocycles. The van der Waals surface area contributed by atoms with Crippen molar-refractivity contribution in [1.82, 2.24) is 4.90 Å². The van der Waals surface area contributed by atoms with E-state index in [2.05, 4.69) is 14.8 Å². The first-order valence-corrected chi connectivity index (χ1v) is 8.34. The van der Waals surface area contributed by atoms with Crippen LogP contribution in [0.4, 0.5) is 23.2 Å². The quantitative estimate of drug-likeness (QED) is 0.636. The van der Waals surface area contributed by atoms with Crippen molar-refractivity contribution in [3.05, 3.63) is 54.1 Å². The van der Waals surface area contributed by atoms with Crippen molar-refractivity contribution in [2.45, 2.75) is 32.7 Å². The standard InChI is InChI=1S/C19H20F4N2O3/c1-12(17(26)24-14-5-9-16(10-6-14)28-19(22)23)25(2)11-13-3-7-15(8-4-13)27-18(20)21/h3-10,12,18-19H,11H2,1-2H3,(H,24,26). The summed E-state index contributed by atoms with van der Waals surface area (Å²) in [6.07, 6.45) is 0. The zero-order valence-electron chi connectivity index (χ0n) is 15.2. The van der Waals surface area contributed by atoms with Gasteiger partial charge in [-0.1, -0.05) is 12.1 Å². The van der Waals surface area contributed by atoms with E-state index in [1.807, 2.05) is 0 Å². The van der Waals surface area contributed by atoms with Crippen LogP contribution in [0.15, 0.2) is 48.5 Å². The normalized spacial score (nSPS) is 12.3. The summed E-state index contributed by atoms with van der Waals surface area (Å²) in [5.74, 6) is -0.230. The SMILES string of the molecule is CC(C(=O)Nc1ccc(OC(F)F)cc1)N(C)Cc1ccc(OC(F)F)cc1. The number of hydrogen-bond donors (Lipinski definition) is 1. The zero-order valence-corrected chi connectivity index (χ0v) is 15.2. The molecule has 0 spiro atoms. The summed E-state index contributed by atoms with van der Waals surface area (Å²) in [6.45, 7) is -3.68. The number of amides is 1. The Morgan fingerprint density at radius 1 is 0.929 bits per heavy atom. The Kier molecular flexibility index (Phi) is 7.62. The van der Waals surface area contributed by atoms with Gasteiger partial charge < -0.3 is 14.8 Å². The molecule has 0 aliphatic heterocycles. The molecule has 28 heavy (non-hydrogen) atoms. The van der Waals surface area contributed by atoms with Crippen LogP contribution in [0.3, 0.4) is 0 Å². The third-order valence-electron chi connectivity index (χ3n) is 3.97. The summed E-state index contributed by atoms with van der Waals surface area (Å²) in [5, 5.41) is 2.69. The second kappa shape index (κ2) is 9.93. The Hall–Kier alpha value is -2.81. The summed E-state index contributed by atoms with van der Waals surface area (Å²) in [5.41, 5.74) is 1.26. The lowest BCUT2D eigenvalue weighted by atomic mass is 10.1. The number of halogens is 4. The molecule has 1 atom stereocenters. The van der Waals surface area contributed by atoms with Crippen molar-refractivity contribution in [1.29, 1.82) is 0 Å². The Morgan fingerprint density at radius 3 is 1.86 bits per heavy atom. The second-order valence-corrected chi connectivity index (χ2v) is 6.01. The molecule has 0 fully saturated rings. The third kappa shape index (κ3) is 6.73. The summed E-state index contributed by atoms with van der Waals surface area (Å²) < 4.78 is 57.2. The van der Waals surface area contributed by atoms with Gasteiger partial charge in [0.15, 0.2) is 0 Å². The van der Waals surface area contributed by atoms with Crippen LogP contribution >= 0.6 is 0 Å². The fraction of sp³-hybridized carbons (Fsp3) is 0.316. The molecule has 0 saturated carbocycles. The van der Waals surface area contributed by atoms with Gasteiger partial charge in [-0.3, -0.25) is 9.69 Å². The van der Waals surface area contributed by atoms with Gasteiger partial charge >= 0.3 is 13.2 Å². The van der Waals surface area contributed by atoms with E-state index in [0.29, 0.717) is 12.2 Å². The number of likely N-dealkylation sites (N-methyl/N-ethyl adjacent to an activating group) is 1. The summed E-state index contributed by atoms with van der Waals surface area (Å²) in [7, 11) is 1.74. The number of nitrogens with zero attached hydrogens (tertiary/aromatic N) is 1. The van der Waals surface area contributed by atoms with E-state index in [0.717, 1.165) is 5.56 Å². The molecule has 2 rings (SSSR count). The molecule has 0 heterocycles. The van der Waals surface area contributed by atoms with Crippen LogP contribution in [0.25, 0.3) is 0 Å². The van der Waals surface area contributed by atoms with E-state index in [1.165, 1.54) is 36.4 Å². The van der Waals surface area contributed by atoms with E-state index in [1.54, 1.807) is 31.0 Å². The molecule has 5 nitrogen and oxygen atoms in total. The average molecular weight is 400 g/mol. The number of carbonyl (C=O) groups excluding carboxylic acids is 1. The molecule has 0 aliphatic carbocycles. The topological polar surface area (TPSA) is 50.8 Å². The molecule has 0 saturated heterocycles. The van der Waals surface area contributed by atoms with Gasteiger partial charge in [-0.15, -0.1) is 0 Å². The van der Waals surface area contributed by atoms with Gasteiger partial charge in [0, 0.05) is 12.2 Å². The smallest absolute Gasteiger partial charge is 0.387 e. The maximum absolute atomic E-state index is 12.4. The molecular formula is C19H20F4N2O3. The lowest BCUT2D eigenvalue weighted by Crippen LogP contribution is -2.39. The monoisotopic (exact) mass is 400 g/mol. The molecule has 1 N–H and O–H groups in total. The fourth-order valence-corrected chi connectivity index (χ4v) is 2.37. The van der Waals surface area contributed by atoms with Gasteiger partial charge in [0.05, 0.1) is 6.04 Å². The van der Waals surface area contributed by atoms with E-state index >= 15 is 0 Å². The van der Waals surface area contributed by atoms with Crippen molar-refractivity contribution in [3.8, 4) is 11.5 Å². The number of anilines is 1. The van der Waals surface area contributed by atoms with Crippen LogP contribution < -0.4 is 14.8 Å². The summed E-state index contributed by atoms with van der Waals surface area (Å²) in [6, 6.07) is 11.2. The molecule has 152 valence electrons. The summed E-state index contributed by atoms with van der Waals surface area (Å²) >= 11 is 0. The van der Waals surface area contributed by atoms with E-state index in [4.69, 9.17) is 0 Å². The van der Waals surface area contributed by atoms with Gasteiger partial charge in [0.25, 0.3) is 0 Å². The Bertz CT molecular complexity index is 755. The Balaban J connectivity index is 1.89. The van der Waals surface area contributed by atoms with Gasteiger partial charge in [-0.2, -0.15) is 17.6 Å². The van der Waals surface area contributed by atoms with Crippen molar-refractivity contribution in [2.75, 3.05) is 12.4 Å². The van der Waals surface area contributed by atoms with Crippen LogP contribution in [0.2, 0.25) is 0 Å². The highest BCUT2D eigenvalue weighted by molar-refractivity contribution is 5.94. The van der Waals surface area contributed by atoms with Crippen molar-refractivity contribution >= 4 is 11.6 Å². The number of benzene rings is 2. The molecule has 1 amide bonds. The first-order chi connectivity index (χ1) is 13.2. The first-order valence-electron chi connectivity index (χ1n) is 8.34. The minimum Gasteiger partial charge on any atom is -0.435 e. The summed E-state index contributed by atoms with van der Waals surface area (Å²) in [4.78, 5) is 14.1. The molecule has 0 aliphatic rings. The van der Waals surface area contributed by atoms with E-state index in [9.17, 15) is 22.4 Å².